The second kappa shape index (κ2) is 6.84. The summed E-state index contributed by atoms with van der Waals surface area (Å²) in [6.07, 6.45) is 4.47. The summed E-state index contributed by atoms with van der Waals surface area (Å²) in [5.74, 6) is 0.844. The van der Waals surface area contributed by atoms with Crippen LogP contribution in [0.2, 0.25) is 0 Å². The van der Waals surface area contributed by atoms with Crippen molar-refractivity contribution in [2.45, 2.75) is 25.3 Å². The Morgan fingerprint density at radius 3 is 2.83 bits per heavy atom. The zero-order valence-corrected chi connectivity index (χ0v) is 16.0. The third kappa shape index (κ3) is 3.08. The Bertz CT molecular complexity index is 1230. The number of likely N-dealkylation sites (tertiary alicyclic amines) is 1. The van der Waals surface area contributed by atoms with E-state index in [0.717, 1.165) is 29.8 Å². The Kier molecular flexibility index (Phi) is 4.15. The first-order valence-corrected chi connectivity index (χ1v) is 9.60. The van der Waals surface area contributed by atoms with Gasteiger partial charge >= 0.3 is 0 Å². The minimum atomic E-state index is -0.252. The highest BCUT2D eigenvalue weighted by Crippen LogP contribution is 2.29. The molecule has 29 heavy (non-hydrogen) atoms. The van der Waals surface area contributed by atoms with Crippen LogP contribution in [0.1, 0.15) is 24.7 Å². The fourth-order valence-corrected chi connectivity index (χ4v) is 3.87. The third-order valence-electron chi connectivity index (χ3n) is 5.53. The highest BCUT2D eigenvalue weighted by Gasteiger charge is 2.27. The first kappa shape index (κ1) is 17.6. The molecule has 1 aliphatic heterocycles. The summed E-state index contributed by atoms with van der Waals surface area (Å²) in [6.45, 7) is 1.20. The Labute approximate surface area is 165 Å². The molecule has 0 atom stereocenters. The van der Waals surface area contributed by atoms with Gasteiger partial charge in [-0.1, -0.05) is 12.1 Å². The summed E-state index contributed by atoms with van der Waals surface area (Å²) in [7, 11) is 1.73. The molecule has 3 aromatic heterocycles. The molecular weight excluding hydrogens is 372 g/mol. The van der Waals surface area contributed by atoms with E-state index < -0.39 is 0 Å². The first-order chi connectivity index (χ1) is 14.1. The van der Waals surface area contributed by atoms with Gasteiger partial charge in [-0.2, -0.15) is 5.10 Å². The van der Waals surface area contributed by atoms with Crippen molar-refractivity contribution in [1.82, 2.24) is 29.2 Å². The minimum absolute atomic E-state index is 0.0236. The smallest absolute Gasteiger partial charge is 0.264 e. The zero-order chi connectivity index (χ0) is 20.0. The molecule has 5 rings (SSSR count). The predicted molar refractivity (Wildman–Crippen MR) is 105 cm³/mol. The van der Waals surface area contributed by atoms with Crippen molar-refractivity contribution in [3.63, 3.8) is 0 Å². The van der Waals surface area contributed by atoms with Gasteiger partial charge in [0.05, 0.1) is 6.20 Å². The second-order valence-electron chi connectivity index (χ2n) is 7.36. The molecule has 1 fully saturated rings. The number of carbonyl (C=O) groups excluding carboxylic acids is 1. The Morgan fingerprint density at radius 1 is 1.24 bits per heavy atom. The Balaban J connectivity index is 1.26. The molecule has 9 nitrogen and oxygen atoms in total. The van der Waals surface area contributed by atoms with Gasteiger partial charge in [-0.05, 0) is 25.0 Å². The Hall–Kier alpha value is -3.49. The molecular formula is C20H20N6O3. The van der Waals surface area contributed by atoms with E-state index in [1.165, 1.54) is 17.1 Å². The fourth-order valence-electron chi connectivity index (χ4n) is 3.87. The summed E-state index contributed by atoms with van der Waals surface area (Å²) in [5, 5.41) is 4.46. The van der Waals surface area contributed by atoms with Gasteiger partial charge in [-0.3, -0.25) is 18.8 Å². The number of amides is 1. The molecule has 0 saturated carbocycles. The maximum atomic E-state index is 12.7. The zero-order valence-electron chi connectivity index (χ0n) is 16.0. The second-order valence-corrected chi connectivity index (χ2v) is 7.36. The molecule has 0 spiro atoms. The van der Waals surface area contributed by atoms with E-state index in [0.29, 0.717) is 24.1 Å². The number of carbonyl (C=O) groups is 1. The largest absolute Gasteiger partial charge is 0.440 e. The number of para-hydroxylation sites is 2. The van der Waals surface area contributed by atoms with Gasteiger partial charge in [0.1, 0.15) is 23.8 Å². The van der Waals surface area contributed by atoms with Crippen LogP contribution in [0, 0.1) is 0 Å². The monoisotopic (exact) mass is 392 g/mol. The summed E-state index contributed by atoms with van der Waals surface area (Å²) in [5.41, 5.74) is 1.91. The van der Waals surface area contributed by atoms with Gasteiger partial charge in [0.25, 0.3) is 5.56 Å². The molecule has 0 N–H and O–H groups in total. The quantitative estimate of drug-likeness (QED) is 0.526. The van der Waals surface area contributed by atoms with Crippen LogP contribution in [0.5, 0.6) is 0 Å². The van der Waals surface area contributed by atoms with Gasteiger partial charge in [0.15, 0.2) is 17.1 Å². The van der Waals surface area contributed by atoms with E-state index in [-0.39, 0.29) is 23.9 Å². The van der Waals surface area contributed by atoms with Crippen LogP contribution < -0.4 is 5.56 Å². The van der Waals surface area contributed by atoms with Crippen LogP contribution in [0.4, 0.5) is 0 Å². The van der Waals surface area contributed by atoms with Gasteiger partial charge in [0.2, 0.25) is 5.91 Å². The lowest BCUT2D eigenvalue weighted by Gasteiger charge is -2.30. The lowest BCUT2D eigenvalue weighted by molar-refractivity contribution is -0.133. The van der Waals surface area contributed by atoms with Gasteiger partial charge < -0.3 is 9.32 Å². The normalized spacial score (nSPS) is 15.4. The number of hydrogen-bond acceptors (Lipinski definition) is 6. The highest BCUT2D eigenvalue weighted by atomic mass is 16.3. The molecule has 0 radical (unpaired) electrons. The number of aromatic nitrogens is 5. The molecule has 0 bridgehead atoms. The topological polar surface area (TPSA) is 99.1 Å². The van der Waals surface area contributed by atoms with E-state index in [2.05, 4.69) is 15.1 Å². The lowest BCUT2D eigenvalue weighted by atomic mass is 9.97. The molecule has 1 amide bonds. The van der Waals surface area contributed by atoms with Gasteiger partial charge in [0, 0.05) is 26.1 Å². The van der Waals surface area contributed by atoms with Crippen LogP contribution in [0.25, 0.3) is 22.1 Å². The van der Waals surface area contributed by atoms with Crippen LogP contribution >= 0.6 is 0 Å². The van der Waals surface area contributed by atoms with Crippen LogP contribution in [-0.4, -0.2) is 48.2 Å². The molecule has 1 aliphatic rings. The molecule has 0 unspecified atom stereocenters. The number of benzene rings is 1. The average molecular weight is 392 g/mol. The van der Waals surface area contributed by atoms with Crippen molar-refractivity contribution in [2.75, 3.05) is 13.1 Å². The highest BCUT2D eigenvalue weighted by molar-refractivity contribution is 5.77. The SMILES string of the molecule is Cn1ncc2c(=O)n(CC(=O)N3CCC(c4nc5ccccc5o4)CC3)cnc21. The third-order valence-corrected chi connectivity index (χ3v) is 5.53. The molecule has 148 valence electrons. The molecule has 1 saturated heterocycles. The van der Waals surface area contributed by atoms with Crippen molar-refractivity contribution in [1.29, 1.82) is 0 Å². The van der Waals surface area contributed by atoms with E-state index in [1.54, 1.807) is 16.6 Å². The summed E-state index contributed by atoms with van der Waals surface area (Å²) in [4.78, 5) is 35.9. The maximum Gasteiger partial charge on any atom is 0.264 e. The predicted octanol–water partition coefficient (Wildman–Crippen LogP) is 1.68. The molecule has 9 heteroatoms. The van der Waals surface area contributed by atoms with Crippen molar-refractivity contribution >= 4 is 28.0 Å². The van der Waals surface area contributed by atoms with Gasteiger partial charge in [-0.15, -0.1) is 0 Å². The average Bonchev–Trinajstić information content (AvgIpc) is 3.34. The van der Waals surface area contributed by atoms with Crippen LogP contribution in [0.3, 0.4) is 0 Å². The van der Waals surface area contributed by atoms with Crippen molar-refractivity contribution in [2.24, 2.45) is 7.05 Å². The van der Waals surface area contributed by atoms with Crippen LogP contribution in [-0.2, 0) is 18.4 Å². The van der Waals surface area contributed by atoms with E-state index in [4.69, 9.17) is 4.42 Å². The number of nitrogens with zero attached hydrogens (tertiary/aromatic N) is 6. The lowest BCUT2D eigenvalue weighted by Crippen LogP contribution is -2.41. The standard InChI is InChI=1S/C20H20N6O3/c1-24-18-14(10-22-24)20(28)26(12-21-18)11-17(27)25-8-6-13(7-9-25)19-23-15-4-2-3-5-16(15)29-19/h2-5,10,12-13H,6-9,11H2,1H3. The van der Waals surface area contributed by atoms with Crippen molar-refractivity contribution in [3.05, 3.63) is 53.0 Å². The molecule has 4 aromatic rings. The minimum Gasteiger partial charge on any atom is -0.440 e. The number of oxazole rings is 1. The van der Waals surface area contributed by atoms with Crippen LogP contribution in [0.15, 0.2) is 46.0 Å². The number of piperidine rings is 1. The first-order valence-electron chi connectivity index (χ1n) is 9.60. The summed E-state index contributed by atoms with van der Waals surface area (Å²) < 4.78 is 8.77. The maximum absolute atomic E-state index is 12.7. The fraction of sp³-hybridized carbons (Fsp3) is 0.350. The van der Waals surface area contributed by atoms with E-state index in [9.17, 15) is 9.59 Å². The number of rotatable bonds is 3. The molecule has 4 heterocycles. The number of hydrogen-bond donors (Lipinski definition) is 0. The summed E-state index contributed by atoms with van der Waals surface area (Å²) in [6, 6.07) is 7.72. The number of aryl methyl sites for hydroxylation is 1. The molecule has 0 aliphatic carbocycles. The van der Waals surface area contributed by atoms with Gasteiger partial charge in [-0.25, -0.2) is 9.97 Å². The number of fused-ring (bicyclic) bond motifs is 2. The van der Waals surface area contributed by atoms with E-state index in [1.807, 2.05) is 24.3 Å². The van der Waals surface area contributed by atoms with Crippen molar-refractivity contribution in [3.8, 4) is 0 Å². The summed E-state index contributed by atoms with van der Waals surface area (Å²) >= 11 is 0. The molecule has 1 aromatic carbocycles. The van der Waals surface area contributed by atoms with E-state index >= 15 is 0 Å². The Morgan fingerprint density at radius 2 is 2.03 bits per heavy atom. The van der Waals surface area contributed by atoms with Crippen molar-refractivity contribution < 1.29 is 9.21 Å².